The van der Waals surface area contributed by atoms with E-state index in [0.29, 0.717) is 22.9 Å². The van der Waals surface area contributed by atoms with Gasteiger partial charge in [-0.05, 0) is 50.4 Å². The Bertz CT molecular complexity index is 614. The molecule has 1 N–H and O–H groups in total. The van der Waals surface area contributed by atoms with E-state index in [-0.39, 0.29) is 10.8 Å². The quantitative estimate of drug-likeness (QED) is 0.435. The maximum Gasteiger partial charge on any atom is 0.192 e. The number of aromatic nitrogens is 1. The molecule has 0 spiro atoms. The van der Waals surface area contributed by atoms with E-state index in [2.05, 4.69) is 44.2 Å². The van der Waals surface area contributed by atoms with E-state index in [1.807, 2.05) is 0 Å². The van der Waals surface area contributed by atoms with Crippen LogP contribution in [0.3, 0.4) is 0 Å². The number of carbonyl (C=O) groups excluding carboxylic acids is 1. The Balaban J connectivity index is 2.03. The first-order chi connectivity index (χ1) is 11.0. The van der Waals surface area contributed by atoms with Crippen LogP contribution in [0.15, 0.2) is 12.3 Å². The molecule has 0 radical (unpaired) electrons. The Labute approximate surface area is 151 Å². The monoisotopic (exact) mass is 368 g/mol. The lowest BCUT2D eigenvalue weighted by Gasteiger charge is -2.38. The Hall–Kier alpha value is -0.913. The number of nitrogens with one attached hydrogen (secondary N) is 1. The first kappa shape index (κ1) is 19.4. The third-order valence-electron chi connectivity index (χ3n) is 5.26. The van der Waals surface area contributed by atoms with E-state index in [1.165, 1.54) is 0 Å². The van der Waals surface area contributed by atoms with Gasteiger partial charge in [0.2, 0.25) is 0 Å². The number of carbonyl (C=O) groups is 1. The second-order valence-corrected chi connectivity index (χ2v) is 13.4. The molecule has 24 heavy (non-hydrogen) atoms. The molecule has 4 nitrogen and oxygen atoms in total. The average molecular weight is 369 g/mol. The number of rotatable bonds is 5. The van der Waals surface area contributed by atoms with Gasteiger partial charge in [0.15, 0.2) is 14.1 Å². The van der Waals surface area contributed by atoms with Crippen molar-refractivity contribution < 1.29 is 9.22 Å². The maximum atomic E-state index is 11.8. The highest BCUT2D eigenvalue weighted by Crippen LogP contribution is 2.39. The molecule has 0 saturated heterocycles. The van der Waals surface area contributed by atoms with Crippen LogP contribution in [0.1, 0.15) is 57.3 Å². The van der Waals surface area contributed by atoms with Gasteiger partial charge in [-0.3, -0.25) is 4.79 Å². The number of pyridine rings is 1. The number of ketones is 1. The molecule has 1 aliphatic rings. The summed E-state index contributed by atoms with van der Waals surface area (Å²) in [6.07, 6.45) is 4.89. The summed E-state index contributed by atoms with van der Waals surface area (Å²) >= 11 is 5.99. The number of Topliss-reactive ketones (excluding diaryl/α,β-unsaturated/α-hetero) is 1. The van der Waals surface area contributed by atoms with Gasteiger partial charge in [0.05, 0.1) is 5.56 Å². The summed E-state index contributed by atoms with van der Waals surface area (Å²) < 4.78 is 6.53. The molecular formula is C18H29ClN2O2Si. The molecule has 134 valence electrons. The Kier molecular flexibility index (Phi) is 5.78. The molecule has 0 bridgehead atoms. The van der Waals surface area contributed by atoms with Crippen LogP contribution in [-0.2, 0) is 4.43 Å². The zero-order chi connectivity index (χ0) is 18.1. The van der Waals surface area contributed by atoms with Crippen LogP contribution in [-0.4, -0.2) is 31.2 Å². The van der Waals surface area contributed by atoms with Crippen molar-refractivity contribution in [3.63, 3.8) is 0 Å². The Morgan fingerprint density at radius 2 is 2.04 bits per heavy atom. The summed E-state index contributed by atoms with van der Waals surface area (Å²) in [6, 6.07) is 2.04. The van der Waals surface area contributed by atoms with Gasteiger partial charge in [0.25, 0.3) is 0 Å². The summed E-state index contributed by atoms with van der Waals surface area (Å²) in [7, 11) is -1.74. The SMILES string of the molecule is CC(=O)c1cnc(Cl)cc1N[C@@H]1CC[C@H](O[Si](C)(C)C(C)(C)C)C1. The molecule has 2 rings (SSSR count). The molecule has 1 aromatic heterocycles. The summed E-state index contributed by atoms with van der Waals surface area (Å²) in [4.78, 5) is 15.8. The number of anilines is 1. The van der Waals surface area contributed by atoms with Crippen molar-refractivity contribution in [2.45, 2.75) is 77.2 Å². The smallest absolute Gasteiger partial charge is 0.192 e. The number of nitrogens with zero attached hydrogens (tertiary/aromatic N) is 1. The van der Waals surface area contributed by atoms with Crippen molar-refractivity contribution in [1.82, 2.24) is 4.98 Å². The van der Waals surface area contributed by atoms with E-state index in [1.54, 1.807) is 19.2 Å². The fourth-order valence-electron chi connectivity index (χ4n) is 2.82. The fourth-order valence-corrected chi connectivity index (χ4v) is 4.38. The van der Waals surface area contributed by atoms with E-state index in [9.17, 15) is 4.79 Å². The topological polar surface area (TPSA) is 51.2 Å². The van der Waals surface area contributed by atoms with Crippen LogP contribution in [0.4, 0.5) is 5.69 Å². The lowest BCUT2D eigenvalue weighted by atomic mass is 10.1. The molecule has 6 heteroatoms. The minimum absolute atomic E-state index is 0.00580. The predicted molar refractivity (Wildman–Crippen MR) is 103 cm³/mol. The molecule has 1 fully saturated rings. The van der Waals surface area contributed by atoms with Gasteiger partial charge in [-0.25, -0.2) is 4.98 Å². The van der Waals surface area contributed by atoms with Crippen molar-refractivity contribution in [2.24, 2.45) is 0 Å². The van der Waals surface area contributed by atoms with Crippen molar-refractivity contribution in [2.75, 3.05) is 5.32 Å². The summed E-state index contributed by atoms with van der Waals surface area (Å²) in [5, 5.41) is 4.10. The second-order valence-electron chi connectivity index (χ2n) is 8.26. The largest absolute Gasteiger partial charge is 0.414 e. The summed E-state index contributed by atoms with van der Waals surface area (Å²) in [6.45, 7) is 12.9. The van der Waals surface area contributed by atoms with Crippen LogP contribution in [0.25, 0.3) is 0 Å². The summed E-state index contributed by atoms with van der Waals surface area (Å²) in [5.41, 5.74) is 1.37. The van der Waals surface area contributed by atoms with Crippen LogP contribution in [0, 0.1) is 0 Å². The minimum Gasteiger partial charge on any atom is -0.414 e. The van der Waals surface area contributed by atoms with Gasteiger partial charge >= 0.3 is 0 Å². The molecule has 0 amide bonds. The van der Waals surface area contributed by atoms with E-state index >= 15 is 0 Å². The number of hydrogen-bond donors (Lipinski definition) is 1. The highest BCUT2D eigenvalue weighted by Gasteiger charge is 2.40. The van der Waals surface area contributed by atoms with Crippen LogP contribution >= 0.6 is 11.6 Å². The van der Waals surface area contributed by atoms with Crippen LogP contribution in [0.2, 0.25) is 23.3 Å². The van der Waals surface area contributed by atoms with Gasteiger partial charge < -0.3 is 9.74 Å². The molecule has 1 aliphatic carbocycles. The number of halogens is 1. The molecule has 2 atom stereocenters. The Morgan fingerprint density at radius 1 is 1.38 bits per heavy atom. The minimum atomic E-state index is -1.74. The predicted octanol–water partition coefficient (Wildman–Crippen LogP) is 5.29. The van der Waals surface area contributed by atoms with E-state index < -0.39 is 8.32 Å². The van der Waals surface area contributed by atoms with Crippen LogP contribution in [0.5, 0.6) is 0 Å². The first-order valence-electron chi connectivity index (χ1n) is 8.60. The standard InChI is InChI=1S/C18H29ClN2O2Si/c1-12(22)15-11-20-17(19)10-16(15)21-13-7-8-14(9-13)23-24(5,6)18(2,3)4/h10-11,13-14H,7-9H2,1-6H3,(H,20,21)/t13-,14+/m1/s1. The van der Waals surface area contributed by atoms with E-state index in [0.717, 1.165) is 24.9 Å². The third-order valence-corrected chi connectivity index (χ3v) is 10.0. The van der Waals surface area contributed by atoms with Gasteiger partial charge in [0, 0.05) is 24.0 Å². The molecule has 0 aliphatic heterocycles. The average Bonchev–Trinajstić information content (AvgIpc) is 2.83. The molecule has 0 aromatic carbocycles. The Morgan fingerprint density at radius 3 is 2.62 bits per heavy atom. The fraction of sp³-hybridized carbons (Fsp3) is 0.667. The highest BCUT2D eigenvalue weighted by atomic mass is 35.5. The third kappa shape index (κ3) is 4.58. The zero-order valence-corrected chi connectivity index (χ0v) is 17.3. The number of hydrogen-bond acceptors (Lipinski definition) is 4. The van der Waals surface area contributed by atoms with Crippen LogP contribution < -0.4 is 5.32 Å². The lowest BCUT2D eigenvalue weighted by Crippen LogP contribution is -2.43. The van der Waals surface area contributed by atoms with Gasteiger partial charge in [-0.1, -0.05) is 32.4 Å². The normalized spacial score (nSPS) is 21.8. The lowest BCUT2D eigenvalue weighted by molar-refractivity contribution is 0.101. The van der Waals surface area contributed by atoms with Crippen molar-refractivity contribution in [1.29, 1.82) is 0 Å². The summed E-state index contributed by atoms with van der Waals surface area (Å²) in [5.74, 6) is -0.00580. The van der Waals surface area contributed by atoms with Gasteiger partial charge in [-0.15, -0.1) is 0 Å². The first-order valence-corrected chi connectivity index (χ1v) is 11.9. The molecular weight excluding hydrogens is 340 g/mol. The molecule has 0 unspecified atom stereocenters. The molecule has 1 aromatic rings. The zero-order valence-electron chi connectivity index (χ0n) is 15.6. The maximum absolute atomic E-state index is 11.8. The molecule has 1 heterocycles. The highest BCUT2D eigenvalue weighted by molar-refractivity contribution is 6.74. The molecule has 1 saturated carbocycles. The van der Waals surface area contributed by atoms with Crippen molar-refractivity contribution >= 4 is 31.4 Å². The van der Waals surface area contributed by atoms with Crippen molar-refractivity contribution in [3.05, 3.63) is 23.0 Å². The van der Waals surface area contributed by atoms with Crippen molar-refractivity contribution in [3.8, 4) is 0 Å². The van der Waals surface area contributed by atoms with Gasteiger partial charge in [0.1, 0.15) is 5.15 Å². The second kappa shape index (κ2) is 7.14. The van der Waals surface area contributed by atoms with Gasteiger partial charge in [-0.2, -0.15) is 0 Å². The van der Waals surface area contributed by atoms with E-state index in [4.69, 9.17) is 16.0 Å².